The summed E-state index contributed by atoms with van der Waals surface area (Å²) in [7, 11) is -1.69. The van der Waals surface area contributed by atoms with Gasteiger partial charge in [0.15, 0.2) is 8.32 Å². The Kier molecular flexibility index (Phi) is 6.22. The van der Waals surface area contributed by atoms with E-state index in [-0.39, 0.29) is 0 Å². The van der Waals surface area contributed by atoms with Crippen LogP contribution >= 0.6 is 0 Å². The van der Waals surface area contributed by atoms with Gasteiger partial charge in [0.1, 0.15) is 0 Å². The highest BCUT2D eigenvalue weighted by Crippen LogP contribution is 2.72. The average Bonchev–Trinajstić information content (AvgIpc) is 3.60. The van der Waals surface area contributed by atoms with Crippen LogP contribution in [0.5, 0.6) is 0 Å². The molecule has 0 aromatic rings. The van der Waals surface area contributed by atoms with Gasteiger partial charge in [0.25, 0.3) is 0 Å². The molecular weight excluding hydrogens is 432 g/mol. The molecule has 6 aliphatic rings. The third-order valence-electron chi connectivity index (χ3n) is 11.8. The van der Waals surface area contributed by atoms with Crippen LogP contribution in [0.1, 0.15) is 80.1 Å². The topological polar surface area (TPSA) is 29.5 Å². The molecule has 0 bridgehead atoms. The standard InChI is InChI=1S/C31H52O2Si/c1-17(2)34(18(3)4,19(5)6)33-16-23-11-25(23)27-13-29(27)31-14-30(31)28-12-26(28)24-10-21(24)8-7-20-9-22(20)15-32/h7-8,17-32H,9-16H2,1-6H3/b8-7+/t20-,21-,22+,23+,24+,25-,26-,27+,28+,29+,30-,31-/m0/s1. The van der Waals surface area contributed by atoms with Crippen molar-refractivity contribution >= 4 is 8.32 Å². The molecule has 0 aromatic carbocycles. The molecule has 0 saturated heterocycles. The molecule has 6 fully saturated rings. The summed E-state index contributed by atoms with van der Waals surface area (Å²) in [5, 5.41) is 9.24. The van der Waals surface area contributed by atoms with E-state index in [4.69, 9.17) is 4.43 Å². The summed E-state index contributed by atoms with van der Waals surface area (Å²) in [5.74, 6) is 11.7. The number of rotatable bonds is 13. The lowest BCUT2D eigenvalue weighted by Gasteiger charge is -2.42. The van der Waals surface area contributed by atoms with Crippen LogP contribution in [0.15, 0.2) is 12.2 Å². The zero-order valence-electron chi connectivity index (χ0n) is 22.8. The normalized spacial score (nSPS) is 48.8. The second-order valence-electron chi connectivity index (χ2n) is 14.8. The van der Waals surface area contributed by atoms with Crippen LogP contribution in [0.4, 0.5) is 0 Å². The van der Waals surface area contributed by atoms with E-state index in [1.165, 1.54) is 19.3 Å². The van der Waals surface area contributed by atoms with Gasteiger partial charge in [-0.15, -0.1) is 0 Å². The average molecular weight is 485 g/mol. The van der Waals surface area contributed by atoms with E-state index in [1.807, 2.05) is 0 Å². The Morgan fingerprint density at radius 1 is 0.618 bits per heavy atom. The molecule has 3 heteroatoms. The lowest BCUT2D eigenvalue weighted by molar-refractivity contribution is 0.252. The molecule has 0 spiro atoms. The predicted octanol–water partition coefficient (Wildman–Crippen LogP) is 7.54. The van der Waals surface area contributed by atoms with Gasteiger partial charge in [-0.05, 0) is 126 Å². The van der Waals surface area contributed by atoms with Crippen LogP contribution in [0.3, 0.4) is 0 Å². The van der Waals surface area contributed by atoms with Gasteiger partial charge < -0.3 is 9.53 Å². The summed E-state index contributed by atoms with van der Waals surface area (Å²) in [5.41, 5.74) is 2.14. The van der Waals surface area contributed by atoms with Crippen molar-refractivity contribution in [3.05, 3.63) is 12.2 Å². The molecule has 1 N–H and O–H groups in total. The first kappa shape index (κ1) is 24.2. The van der Waals surface area contributed by atoms with Crippen LogP contribution in [0.2, 0.25) is 16.6 Å². The fraction of sp³-hybridized carbons (Fsp3) is 0.935. The Morgan fingerprint density at radius 2 is 1.12 bits per heavy atom. The quantitative estimate of drug-likeness (QED) is 0.216. The molecule has 0 unspecified atom stereocenters. The molecule has 6 aliphatic carbocycles. The van der Waals surface area contributed by atoms with E-state index in [9.17, 15) is 5.11 Å². The molecule has 192 valence electrons. The monoisotopic (exact) mass is 484 g/mol. The third kappa shape index (κ3) is 4.42. The van der Waals surface area contributed by atoms with Crippen molar-refractivity contribution in [2.24, 2.45) is 71.0 Å². The molecule has 0 heterocycles. The highest BCUT2D eigenvalue weighted by molar-refractivity contribution is 6.77. The number of hydrogen-bond acceptors (Lipinski definition) is 2. The first-order valence-electron chi connectivity index (χ1n) is 15.2. The van der Waals surface area contributed by atoms with Crippen molar-refractivity contribution in [2.75, 3.05) is 13.2 Å². The third-order valence-corrected chi connectivity index (χ3v) is 17.9. The SMILES string of the molecule is CC(C)[Si](OC[C@H]1C[C@@H]1[C@H]1C[C@H]1[C@@H]1C[C@H]1[C@@H]1C[C@H]1[C@@H]1C[C@@H]1/C=C/[C@H]1C[C@@H]1CO)(C(C)C)C(C)C. The van der Waals surface area contributed by atoms with Crippen molar-refractivity contribution in [3.8, 4) is 0 Å². The zero-order chi connectivity index (χ0) is 23.9. The van der Waals surface area contributed by atoms with E-state index in [0.29, 0.717) is 35.1 Å². The van der Waals surface area contributed by atoms with Gasteiger partial charge in [0, 0.05) is 13.2 Å². The summed E-state index contributed by atoms with van der Waals surface area (Å²) >= 11 is 0. The molecule has 6 saturated carbocycles. The van der Waals surface area contributed by atoms with Gasteiger partial charge in [0.05, 0.1) is 0 Å². The second-order valence-corrected chi connectivity index (χ2v) is 20.2. The number of allylic oxidation sites excluding steroid dienone is 2. The Labute approximate surface area is 210 Å². The van der Waals surface area contributed by atoms with Crippen molar-refractivity contribution in [1.82, 2.24) is 0 Å². The number of aliphatic hydroxyl groups excluding tert-OH is 1. The smallest absolute Gasteiger partial charge is 0.200 e. The first-order chi connectivity index (χ1) is 16.3. The van der Waals surface area contributed by atoms with Crippen molar-refractivity contribution in [3.63, 3.8) is 0 Å². The molecule has 0 aromatic heterocycles. The summed E-state index contributed by atoms with van der Waals surface area (Å²) < 4.78 is 6.96. The minimum absolute atomic E-state index is 0.393. The lowest BCUT2D eigenvalue weighted by Crippen LogP contribution is -2.48. The van der Waals surface area contributed by atoms with Crippen molar-refractivity contribution in [2.45, 2.75) is 96.7 Å². The number of hydrogen-bond donors (Lipinski definition) is 1. The highest BCUT2D eigenvalue weighted by atomic mass is 28.4. The van der Waals surface area contributed by atoms with E-state index >= 15 is 0 Å². The fourth-order valence-corrected chi connectivity index (χ4v) is 14.9. The molecule has 0 aliphatic heterocycles. The Morgan fingerprint density at radius 3 is 1.62 bits per heavy atom. The summed E-state index contributed by atoms with van der Waals surface area (Å²) in [6, 6.07) is 0. The van der Waals surface area contributed by atoms with Gasteiger partial charge in [-0.3, -0.25) is 0 Å². The maximum atomic E-state index is 9.24. The number of aliphatic hydroxyl groups is 1. The largest absolute Gasteiger partial charge is 0.416 e. The maximum absolute atomic E-state index is 9.24. The van der Waals surface area contributed by atoms with Crippen LogP contribution in [-0.2, 0) is 4.43 Å². The Hall–Kier alpha value is -0.123. The van der Waals surface area contributed by atoms with E-state index in [1.54, 1.807) is 19.3 Å². The zero-order valence-corrected chi connectivity index (χ0v) is 23.8. The van der Waals surface area contributed by atoms with Gasteiger partial charge >= 0.3 is 0 Å². The highest BCUT2D eigenvalue weighted by Gasteiger charge is 2.66. The van der Waals surface area contributed by atoms with Gasteiger partial charge in [-0.2, -0.15) is 0 Å². The molecule has 0 radical (unpaired) electrons. The minimum Gasteiger partial charge on any atom is -0.416 e. The van der Waals surface area contributed by atoms with Crippen LogP contribution < -0.4 is 0 Å². The molecule has 2 nitrogen and oxygen atoms in total. The molecule has 6 rings (SSSR count). The maximum Gasteiger partial charge on any atom is 0.200 e. The lowest BCUT2D eigenvalue weighted by atomic mass is 10.1. The molecule has 0 amide bonds. The van der Waals surface area contributed by atoms with Crippen molar-refractivity contribution in [1.29, 1.82) is 0 Å². The van der Waals surface area contributed by atoms with Gasteiger partial charge in [0.2, 0.25) is 0 Å². The Balaban J connectivity index is 0.911. The van der Waals surface area contributed by atoms with Crippen LogP contribution in [0, 0.1) is 71.0 Å². The molecule has 34 heavy (non-hydrogen) atoms. The minimum atomic E-state index is -1.69. The van der Waals surface area contributed by atoms with Crippen molar-refractivity contribution < 1.29 is 9.53 Å². The second kappa shape index (κ2) is 8.73. The Bertz CT molecular complexity index is 767. The van der Waals surface area contributed by atoms with E-state index in [2.05, 4.69) is 53.7 Å². The first-order valence-corrected chi connectivity index (χ1v) is 17.3. The molecular formula is C31H52O2Si. The van der Waals surface area contributed by atoms with Crippen LogP contribution in [0.25, 0.3) is 0 Å². The van der Waals surface area contributed by atoms with Crippen LogP contribution in [-0.4, -0.2) is 26.6 Å². The van der Waals surface area contributed by atoms with E-state index in [0.717, 1.165) is 65.8 Å². The molecule has 12 atom stereocenters. The fourth-order valence-electron chi connectivity index (χ4n) is 9.35. The van der Waals surface area contributed by atoms with Gasteiger partial charge in [-0.25, -0.2) is 0 Å². The summed E-state index contributed by atoms with van der Waals surface area (Å²) in [6.45, 7) is 16.0. The summed E-state index contributed by atoms with van der Waals surface area (Å²) in [4.78, 5) is 0. The summed E-state index contributed by atoms with van der Waals surface area (Å²) in [6.07, 6.45) is 13.8. The van der Waals surface area contributed by atoms with Gasteiger partial charge in [-0.1, -0.05) is 53.7 Å². The predicted molar refractivity (Wildman–Crippen MR) is 143 cm³/mol. The van der Waals surface area contributed by atoms with E-state index < -0.39 is 8.32 Å².